The second-order valence-corrected chi connectivity index (χ2v) is 4.99. The average molecular weight is 280 g/mol. The SMILES string of the molecule is CC(NCCc1ccc(F)cc1)C(=O)N1CCOCC1. The normalized spacial score (nSPS) is 17.0. The van der Waals surface area contributed by atoms with Gasteiger partial charge in [-0.1, -0.05) is 12.1 Å². The minimum atomic E-state index is -0.224. The van der Waals surface area contributed by atoms with Crippen LogP contribution in [0.25, 0.3) is 0 Å². The van der Waals surface area contributed by atoms with E-state index in [1.807, 2.05) is 11.8 Å². The quantitative estimate of drug-likeness (QED) is 0.881. The molecule has 1 aromatic carbocycles. The van der Waals surface area contributed by atoms with Crippen molar-refractivity contribution in [2.45, 2.75) is 19.4 Å². The summed E-state index contributed by atoms with van der Waals surface area (Å²) in [7, 11) is 0. The van der Waals surface area contributed by atoms with Crippen molar-refractivity contribution in [2.75, 3.05) is 32.8 Å². The number of carbonyl (C=O) groups is 1. The van der Waals surface area contributed by atoms with Crippen molar-refractivity contribution >= 4 is 5.91 Å². The summed E-state index contributed by atoms with van der Waals surface area (Å²) in [6.07, 6.45) is 0.779. The van der Waals surface area contributed by atoms with Gasteiger partial charge in [-0.25, -0.2) is 4.39 Å². The molecule has 4 nitrogen and oxygen atoms in total. The maximum absolute atomic E-state index is 12.8. The van der Waals surface area contributed by atoms with E-state index in [0.717, 1.165) is 12.0 Å². The summed E-state index contributed by atoms with van der Waals surface area (Å²) in [5.74, 6) is -0.107. The third-order valence-corrected chi connectivity index (χ3v) is 3.47. The van der Waals surface area contributed by atoms with Crippen LogP contribution in [0.15, 0.2) is 24.3 Å². The summed E-state index contributed by atoms with van der Waals surface area (Å²) in [6.45, 7) is 5.15. The summed E-state index contributed by atoms with van der Waals surface area (Å²) < 4.78 is 18.0. The molecule has 20 heavy (non-hydrogen) atoms. The molecule has 0 saturated carbocycles. The molecule has 1 fully saturated rings. The first kappa shape index (κ1) is 14.9. The first-order chi connectivity index (χ1) is 9.66. The Morgan fingerprint density at radius 2 is 2.00 bits per heavy atom. The standard InChI is InChI=1S/C15H21FN2O2/c1-12(15(19)18-8-10-20-11-9-18)17-7-6-13-2-4-14(16)5-3-13/h2-5,12,17H,6-11H2,1H3. The Kier molecular flexibility index (Phi) is 5.49. The molecule has 1 aromatic rings. The number of carbonyl (C=O) groups excluding carboxylic acids is 1. The van der Waals surface area contributed by atoms with Gasteiger partial charge < -0.3 is 15.0 Å². The maximum atomic E-state index is 12.8. The third-order valence-electron chi connectivity index (χ3n) is 3.47. The number of hydrogen-bond donors (Lipinski definition) is 1. The second kappa shape index (κ2) is 7.36. The molecule has 0 aromatic heterocycles. The van der Waals surface area contributed by atoms with Crippen LogP contribution in [0.3, 0.4) is 0 Å². The van der Waals surface area contributed by atoms with Gasteiger partial charge in [0.05, 0.1) is 19.3 Å². The molecule has 1 saturated heterocycles. The molecule has 1 heterocycles. The highest BCUT2D eigenvalue weighted by atomic mass is 19.1. The molecule has 0 bridgehead atoms. The third kappa shape index (κ3) is 4.28. The van der Waals surface area contributed by atoms with Crippen LogP contribution in [0.2, 0.25) is 0 Å². The molecule has 110 valence electrons. The van der Waals surface area contributed by atoms with Crippen molar-refractivity contribution in [3.63, 3.8) is 0 Å². The fraction of sp³-hybridized carbons (Fsp3) is 0.533. The number of halogens is 1. The second-order valence-electron chi connectivity index (χ2n) is 4.99. The summed E-state index contributed by atoms with van der Waals surface area (Å²) in [5.41, 5.74) is 1.06. The Labute approximate surface area is 118 Å². The zero-order valence-electron chi connectivity index (χ0n) is 11.8. The van der Waals surface area contributed by atoms with Crippen LogP contribution in [0.1, 0.15) is 12.5 Å². The van der Waals surface area contributed by atoms with Gasteiger partial charge >= 0.3 is 0 Å². The zero-order valence-corrected chi connectivity index (χ0v) is 11.8. The number of morpholine rings is 1. The van der Waals surface area contributed by atoms with Gasteiger partial charge in [0, 0.05) is 13.1 Å². The van der Waals surface area contributed by atoms with Crippen molar-refractivity contribution in [2.24, 2.45) is 0 Å². The van der Waals surface area contributed by atoms with Gasteiger partial charge in [-0.15, -0.1) is 0 Å². The van der Waals surface area contributed by atoms with Crippen LogP contribution in [0, 0.1) is 5.82 Å². The lowest BCUT2D eigenvalue weighted by Gasteiger charge is -2.29. The van der Waals surface area contributed by atoms with E-state index in [9.17, 15) is 9.18 Å². The van der Waals surface area contributed by atoms with Gasteiger partial charge in [0.25, 0.3) is 0 Å². The van der Waals surface area contributed by atoms with Crippen molar-refractivity contribution in [1.29, 1.82) is 0 Å². The lowest BCUT2D eigenvalue weighted by Crippen LogP contribution is -2.49. The summed E-state index contributed by atoms with van der Waals surface area (Å²) in [4.78, 5) is 14.0. The Balaban J connectivity index is 1.72. The number of ether oxygens (including phenoxy) is 1. The molecule has 1 aliphatic rings. The van der Waals surface area contributed by atoms with E-state index < -0.39 is 0 Å². The summed E-state index contributed by atoms with van der Waals surface area (Å²) in [5, 5.41) is 3.22. The first-order valence-electron chi connectivity index (χ1n) is 7.01. The molecule has 1 N–H and O–H groups in total. The minimum Gasteiger partial charge on any atom is -0.378 e. The van der Waals surface area contributed by atoms with Crippen LogP contribution < -0.4 is 5.32 Å². The molecule has 0 spiro atoms. The largest absolute Gasteiger partial charge is 0.378 e. The maximum Gasteiger partial charge on any atom is 0.239 e. The average Bonchev–Trinajstić information content (AvgIpc) is 2.49. The van der Waals surface area contributed by atoms with Crippen molar-refractivity contribution in [3.8, 4) is 0 Å². The lowest BCUT2D eigenvalue weighted by atomic mass is 10.1. The van der Waals surface area contributed by atoms with E-state index in [1.165, 1.54) is 12.1 Å². The molecular formula is C15H21FN2O2. The number of rotatable bonds is 5. The van der Waals surface area contributed by atoms with Crippen molar-refractivity contribution in [1.82, 2.24) is 10.2 Å². The predicted molar refractivity (Wildman–Crippen MR) is 75.0 cm³/mol. The molecule has 0 aliphatic carbocycles. The van der Waals surface area contributed by atoms with E-state index >= 15 is 0 Å². The van der Waals surface area contributed by atoms with Crippen LogP contribution in [-0.4, -0.2) is 49.7 Å². The van der Waals surface area contributed by atoms with E-state index in [1.54, 1.807) is 12.1 Å². The molecule has 1 amide bonds. The predicted octanol–water partition coefficient (Wildman–Crippen LogP) is 1.21. The number of benzene rings is 1. The fourth-order valence-electron chi connectivity index (χ4n) is 2.23. The highest BCUT2D eigenvalue weighted by Crippen LogP contribution is 2.04. The number of amides is 1. The van der Waals surface area contributed by atoms with Gasteiger partial charge in [-0.3, -0.25) is 4.79 Å². The van der Waals surface area contributed by atoms with Crippen LogP contribution in [-0.2, 0) is 16.0 Å². The molecule has 1 aliphatic heterocycles. The molecule has 1 atom stereocenters. The zero-order chi connectivity index (χ0) is 14.4. The van der Waals surface area contributed by atoms with E-state index in [-0.39, 0.29) is 17.8 Å². The molecule has 5 heteroatoms. The highest BCUT2D eigenvalue weighted by Gasteiger charge is 2.21. The Morgan fingerprint density at radius 3 is 2.65 bits per heavy atom. The smallest absolute Gasteiger partial charge is 0.239 e. The summed E-state index contributed by atoms with van der Waals surface area (Å²) in [6, 6.07) is 6.25. The van der Waals surface area contributed by atoms with Gasteiger partial charge in [-0.05, 0) is 37.6 Å². The number of hydrogen-bond acceptors (Lipinski definition) is 3. The fourth-order valence-corrected chi connectivity index (χ4v) is 2.23. The van der Waals surface area contributed by atoms with Gasteiger partial charge in [0.1, 0.15) is 5.82 Å². The minimum absolute atomic E-state index is 0.118. The number of nitrogens with zero attached hydrogens (tertiary/aromatic N) is 1. The first-order valence-corrected chi connectivity index (χ1v) is 7.01. The van der Waals surface area contributed by atoms with Crippen LogP contribution in [0.4, 0.5) is 4.39 Å². The van der Waals surface area contributed by atoms with E-state index in [4.69, 9.17) is 4.74 Å². The molecule has 1 unspecified atom stereocenters. The van der Waals surface area contributed by atoms with Crippen LogP contribution >= 0.6 is 0 Å². The monoisotopic (exact) mass is 280 g/mol. The Hall–Kier alpha value is -1.46. The van der Waals surface area contributed by atoms with Gasteiger partial charge in [0.15, 0.2) is 0 Å². The molecule has 0 radical (unpaired) electrons. The van der Waals surface area contributed by atoms with Crippen molar-refractivity contribution < 1.29 is 13.9 Å². The van der Waals surface area contributed by atoms with Gasteiger partial charge in [0.2, 0.25) is 5.91 Å². The van der Waals surface area contributed by atoms with Crippen LogP contribution in [0.5, 0.6) is 0 Å². The van der Waals surface area contributed by atoms with Crippen molar-refractivity contribution in [3.05, 3.63) is 35.6 Å². The van der Waals surface area contributed by atoms with E-state index in [2.05, 4.69) is 5.32 Å². The molecule has 2 rings (SSSR count). The van der Waals surface area contributed by atoms with E-state index in [0.29, 0.717) is 32.8 Å². The molecular weight excluding hydrogens is 259 g/mol. The Bertz CT molecular complexity index is 430. The summed E-state index contributed by atoms with van der Waals surface area (Å²) >= 11 is 0. The number of nitrogens with one attached hydrogen (secondary N) is 1. The Morgan fingerprint density at radius 1 is 1.35 bits per heavy atom. The van der Waals surface area contributed by atoms with Gasteiger partial charge in [-0.2, -0.15) is 0 Å². The lowest BCUT2D eigenvalue weighted by molar-refractivity contribution is -0.137. The topological polar surface area (TPSA) is 41.6 Å². The highest BCUT2D eigenvalue weighted by molar-refractivity contribution is 5.81.